The van der Waals surface area contributed by atoms with Gasteiger partial charge in [0.1, 0.15) is 48.8 Å². The molecule has 2 aromatic carbocycles. The Morgan fingerprint density at radius 2 is 0.955 bits per heavy atom. The van der Waals surface area contributed by atoms with E-state index in [1.807, 2.05) is 0 Å². The van der Waals surface area contributed by atoms with Gasteiger partial charge in [-0.3, -0.25) is 14.5 Å². The third-order valence-corrected chi connectivity index (χ3v) is 7.29. The summed E-state index contributed by atoms with van der Waals surface area (Å²) >= 11 is 0. The van der Waals surface area contributed by atoms with Crippen LogP contribution in [0.1, 0.15) is 36.6 Å². The number of rotatable bonds is 14. The van der Waals surface area contributed by atoms with E-state index in [2.05, 4.69) is 0 Å². The maximum Gasteiger partial charge on any atom is 0.335 e. The van der Waals surface area contributed by atoms with E-state index in [-0.39, 0.29) is 27.2 Å². The van der Waals surface area contributed by atoms with Crippen molar-refractivity contribution >= 4 is 17.7 Å². The standard InChI is InChI=1S/C27H33NO16/c29-7-15(31)18(34)20(36)22(38)25(41)28(26(42)23(39)21(37)19(35)16(32)8-30)24(40)9-1-3-11-12-4-2-10(27(43)44)6-14(12)17(33)13(11)5-9/h1-6,15-16,18-23,25-26,29-32,34-39,41-42H,7-8H2,(H,43,44)/t15-,16-,18-,19-,20+,21+,22-,23-,25?,26?/m1/s1. The third kappa shape index (κ3) is 6.64. The van der Waals surface area contributed by atoms with Crippen molar-refractivity contribution in [1.29, 1.82) is 0 Å². The molecule has 2 aromatic rings. The Morgan fingerprint density at radius 1 is 0.568 bits per heavy atom. The number of nitrogens with zero attached hydrogens (tertiary/aromatic N) is 1. The highest BCUT2D eigenvalue weighted by Gasteiger charge is 2.45. The summed E-state index contributed by atoms with van der Waals surface area (Å²) in [4.78, 5) is 38.0. The van der Waals surface area contributed by atoms with Crippen LogP contribution in [-0.4, -0.2) is 163 Å². The number of carboxylic acids is 1. The maximum atomic E-state index is 13.7. The van der Waals surface area contributed by atoms with Gasteiger partial charge in [0.2, 0.25) is 0 Å². The molecule has 3 rings (SSSR count). The fourth-order valence-electron chi connectivity index (χ4n) is 4.65. The highest BCUT2D eigenvalue weighted by molar-refractivity contribution is 6.23. The van der Waals surface area contributed by atoms with E-state index in [0.717, 1.165) is 18.2 Å². The van der Waals surface area contributed by atoms with Crippen molar-refractivity contribution in [3.63, 3.8) is 0 Å². The fraction of sp³-hybridized carbons (Fsp3) is 0.444. The molecule has 0 heterocycles. The first-order chi connectivity index (χ1) is 20.6. The van der Waals surface area contributed by atoms with Crippen LogP contribution in [0.25, 0.3) is 11.1 Å². The second kappa shape index (κ2) is 14.1. The van der Waals surface area contributed by atoms with Crippen LogP contribution in [-0.2, 0) is 0 Å². The molecule has 13 N–H and O–H groups in total. The molecule has 2 unspecified atom stereocenters. The number of carbonyl (C=O) groups excluding carboxylic acids is 2. The largest absolute Gasteiger partial charge is 0.478 e. The van der Waals surface area contributed by atoms with Crippen molar-refractivity contribution in [2.24, 2.45) is 0 Å². The second-order valence-electron chi connectivity index (χ2n) is 10.1. The number of fused-ring (bicyclic) bond motifs is 3. The number of benzene rings is 2. The molecule has 0 aromatic heterocycles. The fourth-order valence-corrected chi connectivity index (χ4v) is 4.65. The van der Waals surface area contributed by atoms with E-state index in [0.29, 0.717) is 5.56 Å². The van der Waals surface area contributed by atoms with Gasteiger partial charge in [-0.1, -0.05) is 12.1 Å². The van der Waals surface area contributed by atoms with E-state index in [1.54, 1.807) is 0 Å². The van der Waals surface area contributed by atoms with Crippen molar-refractivity contribution in [3.05, 3.63) is 58.7 Å². The predicted molar refractivity (Wildman–Crippen MR) is 143 cm³/mol. The number of aromatic carboxylic acids is 1. The molecule has 1 aliphatic carbocycles. The zero-order chi connectivity index (χ0) is 33.2. The first-order valence-corrected chi connectivity index (χ1v) is 13.0. The van der Waals surface area contributed by atoms with Crippen LogP contribution in [0.2, 0.25) is 0 Å². The lowest BCUT2D eigenvalue weighted by molar-refractivity contribution is -0.213. The Hall–Kier alpha value is -3.43. The van der Waals surface area contributed by atoms with E-state index < -0.39 is 97.7 Å². The van der Waals surface area contributed by atoms with Crippen molar-refractivity contribution in [3.8, 4) is 11.1 Å². The topological polar surface area (TPSA) is 317 Å². The lowest BCUT2D eigenvalue weighted by Gasteiger charge is -2.40. The van der Waals surface area contributed by atoms with Gasteiger partial charge in [-0.05, 0) is 35.4 Å². The molecule has 0 saturated carbocycles. The molecule has 0 bridgehead atoms. The van der Waals surface area contributed by atoms with Gasteiger partial charge >= 0.3 is 5.97 Å². The summed E-state index contributed by atoms with van der Waals surface area (Å²) in [6.07, 6.45) is -24.6. The summed E-state index contributed by atoms with van der Waals surface area (Å²) in [5, 5.41) is 130. The third-order valence-electron chi connectivity index (χ3n) is 7.29. The monoisotopic (exact) mass is 627 g/mol. The van der Waals surface area contributed by atoms with Crippen LogP contribution < -0.4 is 0 Å². The first kappa shape index (κ1) is 35.1. The van der Waals surface area contributed by atoms with Crippen LogP contribution in [0.15, 0.2) is 36.4 Å². The van der Waals surface area contributed by atoms with Crippen LogP contribution in [0.4, 0.5) is 0 Å². The Balaban J connectivity index is 2.04. The van der Waals surface area contributed by atoms with Crippen molar-refractivity contribution in [1.82, 2.24) is 4.90 Å². The summed E-state index contributed by atoms with van der Waals surface area (Å²) in [7, 11) is 0. The average molecular weight is 628 g/mol. The molecule has 1 amide bonds. The Bertz CT molecular complexity index is 1340. The highest BCUT2D eigenvalue weighted by atomic mass is 16.4. The molecule has 17 nitrogen and oxygen atoms in total. The Kier molecular flexibility index (Phi) is 11.2. The first-order valence-electron chi connectivity index (χ1n) is 13.0. The summed E-state index contributed by atoms with van der Waals surface area (Å²) in [6, 6.07) is 7.07. The number of ketones is 1. The molecule has 10 atom stereocenters. The lowest BCUT2D eigenvalue weighted by atomic mass is 9.98. The molecule has 0 aliphatic heterocycles. The summed E-state index contributed by atoms with van der Waals surface area (Å²) in [6.45, 7) is -2.22. The predicted octanol–water partition coefficient (Wildman–Crippen LogP) is -5.45. The zero-order valence-corrected chi connectivity index (χ0v) is 22.6. The van der Waals surface area contributed by atoms with Gasteiger partial charge in [-0.2, -0.15) is 0 Å². The molecule has 0 radical (unpaired) electrons. The number of aliphatic hydroxyl groups is 12. The van der Waals surface area contributed by atoms with Gasteiger partial charge in [0.25, 0.3) is 5.91 Å². The summed E-state index contributed by atoms with van der Waals surface area (Å²) in [5.41, 5.74) is -0.222. The smallest absolute Gasteiger partial charge is 0.335 e. The second-order valence-corrected chi connectivity index (χ2v) is 10.1. The Morgan fingerprint density at radius 3 is 1.34 bits per heavy atom. The number of hydrogen-bond acceptors (Lipinski definition) is 15. The van der Waals surface area contributed by atoms with Gasteiger partial charge in [-0.25, -0.2) is 4.79 Å². The maximum absolute atomic E-state index is 13.7. The molecular weight excluding hydrogens is 594 g/mol. The zero-order valence-electron chi connectivity index (χ0n) is 22.6. The van der Waals surface area contributed by atoms with E-state index in [4.69, 9.17) is 10.2 Å². The van der Waals surface area contributed by atoms with Gasteiger partial charge in [0, 0.05) is 16.7 Å². The van der Waals surface area contributed by atoms with Gasteiger partial charge in [-0.15, -0.1) is 0 Å². The van der Waals surface area contributed by atoms with Crippen LogP contribution in [0.5, 0.6) is 0 Å². The average Bonchev–Trinajstić information content (AvgIpc) is 3.31. The number of amides is 1. The normalized spacial score (nSPS) is 19.4. The molecule has 242 valence electrons. The SMILES string of the molecule is O=C(O)c1ccc2c(c1)C(=O)c1cc(C(=O)N(C(O)[C@H](O)[C@@H](O)[C@H](O)[C@H](O)CO)C(O)[C@H](O)[C@@H](O)[C@H](O)[C@H](O)CO)ccc1-2. The molecule has 0 spiro atoms. The van der Waals surface area contributed by atoms with Crippen molar-refractivity contribution in [2.45, 2.75) is 61.3 Å². The van der Waals surface area contributed by atoms with Crippen molar-refractivity contribution in [2.75, 3.05) is 13.2 Å². The Labute approximate surface area is 248 Å². The quantitative estimate of drug-likeness (QED) is 0.0741. The van der Waals surface area contributed by atoms with Crippen LogP contribution in [0.3, 0.4) is 0 Å². The minimum atomic E-state index is -2.77. The van der Waals surface area contributed by atoms with Gasteiger partial charge < -0.3 is 66.4 Å². The van der Waals surface area contributed by atoms with Crippen molar-refractivity contribution < 1.29 is 80.8 Å². The number of carbonyl (C=O) groups is 3. The van der Waals surface area contributed by atoms with Crippen LogP contribution in [0, 0.1) is 0 Å². The molecule has 44 heavy (non-hydrogen) atoms. The summed E-state index contributed by atoms with van der Waals surface area (Å²) < 4.78 is 0. The van der Waals surface area contributed by atoms with E-state index >= 15 is 0 Å². The van der Waals surface area contributed by atoms with E-state index in [1.165, 1.54) is 18.2 Å². The minimum absolute atomic E-state index is 0.00799. The molecule has 1 aliphatic rings. The molecular formula is C27H33NO16. The highest BCUT2D eigenvalue weighted by Crippen LogP contribution is 2.38. The number of hydrogen-bond donors (Lipinski definition) is 13. The molecule has 17 heteroatoms. The molecule has 0 fully saturated rings. The molecule has 0 saturated heterocycles. The van der Waals surface area contributed by atoms with Crippen LogP contribution >= 0.6 is 0 Å². The number of aliphatic hydroxyl groups excluding tert-OH is 12. The van der Waals surface area contributed by atoms with E-state index in [9.17, 15) is 70.6 Å². The lowest BCUT2D eigenvalue weighted by Crippen LogP contribution is -2.63. The minimum Gasteiger partial charge on any atom is -0.478 e. The van der Waals surface area contributed by atoms with Gasteiger partial charge in [0.05, 0.1) is 18.8 Å². The summed E-state index contributed by atoms with van der Waals surface area (Å²) in [5.74, 6) is -3.48. The van der Waals surface area contributed by atoms with Gasteiger partial charge in [0.15, 0.2) is 18.2 Å². The number of carboxylic acid groups (broad SMARTS) is 1.